The molecule has 0 aliphatic carbocycles. The maximum atomic E-state index is 12.8. The monoisotopic (exact) mass is 365 g/mol. The first-order valence-electron chi connectivity index (χ1n) is 8.97. The van der Waals surface area contributed by atoms with E-state index in [1.54, 1.807) is 25.1 Å². The minimum Gasteiger partial charge on any atom is -0.490 e. The second-order valence-electron chi connectivity index (χ2n) is 7.09. The fraction of sp³-hybridized carbons (Fsp3) is 0.600. The lowest BCUT2D eigenvalue weighted by Gasteiger charge is -2.30. The van der Waals surface area contributed by atoms with Crippen molar-refractivity contribution in [2.45, 2.75) is 59.7 Å². The van der Waals surface area contributed by atoms with Gasteiger partial charge in [0, 0.05) is 12.3 Å². The predicted molar refractivity (Wildman–Crippen MR) is 102 cm³/mol. The van der Waals surface area contributed by atoms with Gasteiger partial charge in [0.2, 0.25) is 0 Å². The molecule has 6 nitrogen and oxygen atoms in total. The summed E-state index contributed by atoms with van der Waals surface area (Å²) in [6.45, 7) is 11.9. The SMILES string of the molecule is CCO[C@@](C)(CC(C)C)C(=O)Nc1ccc(OC(C)C)c(C(=O)OC)c1. The van der Waals surface area contributed by atoms with Crippen LogP contribution in [-0.4, -0.2) is 37.3 Å². The summed E-state index contributed by atoms with van der Waals surface area (Å²) in [6, 6.07) is 4.91. The number of amides is 1. The maximum absolute atomic E-state index is 12.8. The molecule has 1 atom stereocenters. The Bertz CT molecular complexity index is 627. The molecule has 0 aliphatic rings. The van der Waals surface area contributed by atoms with Gasteiger partial charge in [-0.25, -0.2) is 4.79 Å². The highest BCUT2D eigenvalue weighted by atomic mass is 16.5. The van der Waals surface area contributed by atoms with Gasteiger partial charge in [0.15, 0.2) is 0 Å². The van der Waals surface area contributed by atoms with Gasteiger partial charge in [-0.15, -0.1) is 0 Å². The van der Waals surface area contributed by atoms with Gasteiger partial charge in [0.25, 0.3) is 5.91 Å². The van der Waals surface area contributed by atoms with Crippen LogP contribution in [0.4, 0.5) is 5.69 Å². The average Bonchev–Trinajstić information content (AvgIpc) is 2.54. The number of hydrogen-bond donors (Lipinski definition) is 1. The van der Waals surface area contributed by atoms with Crippen molar-refractivity contribution in [2.24, 2.45) is 5.92 Å². The lowest BCUT2D eigenvalue weighted by molar-refractivity contribution is -0.140. The highest BCUT2D eigenvalue weighted by molar-refractivity contribution is 5.99. The number of carbonyl (C=O) groups is 2. The van der Waals surface area contributed by atoms with Crippen molar-refractivity contribution in [3.05, 3.63) is 23.8 Å². The van der Waals surface area contributed by atoms with Crippen molar-refractivity contribution in [2.75, 3.05) is 19.0 Å². The predicted octanol–water partition coefficient (Wildman–Crippen LogP) is 4.04. The Morgan fingerprint density at radius 3 is 2.35 bits per heavy atom. The number of methoxy groups -OCH3 is 1. The van der Waals surface area contributed by atoms with Crippen LogP contribution in [-0.2, 0) is 14.3 Å². The van der Waals surface area contributed by atoms with Crippen LogP contribution in [0.2, 0.25) is 0 Å². The van der Waals surface area contributed by atoms with Crippen molar-refractivity contribution in [3.8, 4) is 5.75 Å². The van der Waals surface area contributed by atoms with Crippen LogP contribution in [0, 0.1) is 5.92 Å². The van der Waals surface area contributed by atoms with Crippen molar-refractivity contribution >= 4 is 17.6 Å². The van der Waals surface area contributed by atoms with Crippen molar-refractivity contribution < 1.29 is 23.8 Å². The van der Waals surface area contributed by atoms with E-state index in [9.17, 15) is 9.59 Å². The van der Waals surface area contributed by atoms with E-state index in [1.165, 1.54) is 7.11 Å². The highest BCUT2D eigenvalue weighted by Crippen LogP contribution is 2.27. The average molecular weight is 365 g/mol. The number of nitrogens with one attached hydrogen (secondary N) is 1. The fourth-order valence-electron chi connectivity index (χ4n) is 2.81. The molecule has 0 unspecified atom stereocenters. The molecular weight excluding hydrogens is 334 g/mol. The first-order valence-corrected chi connectivity index (χ1v) is 8.97. The van der Waals surface area contributed by atoms with Crippen molar-refractivity contribution in [1.29, 1.82) is 0 Å². The molecule has 146 valence electrons. The molecule has 0 aromatic heterocycles. The standard InChI is InChI=1S/C20H31NO5/c1-8-25-20(6,12-13(2)3)19(23)21-15-9-10-17(26-14(4)5)16(11-15)18(22)24-7/h9-11,13-14H,8,12H2,1-7H3,(H,21,23)/t20-/m0/s1. The Balaban J connectivity index is 3.11. The minimum atomic E-state index is -0.943. The maximum Gasteiger partial charge on any atom is 0.341 e. The van der Waals surface area contributed by atoms with Gasteiger partial charge >= 0.3 is 5.97 Å². The molecule has 1 N–H and O–H groups in total. The van der Waals surface area contributed by atoms with E-state index in [1.807, 2.05) is 34.6 Å². The molecule has 0 radical (unpaired) electrons. The molecule has 1 aromatic rings. The van der Waals surface area contributed by atoms with Gasteiger partial charge in [-0.1, -0.05) is 13.8 Å². The van der Waals surface area contributed by atoms with Crippen LogP contribution in [0.25, 0.3) is 0 Å². The number of anilines is 1. The number of benzene rings is 1. The van der Waals surface area contributed by atoms with E-state index in [-0.39, 0.29) is 17.6 Å². The molecule has 0 saturated heterocycles. The molecule has 26 heavy (non-hydrogen) atoms. The molecule has 0 heterocycles. The fourth-order valence-corrected chi connectivity index (χ4v) is 2.81. The van der Waals surface area contributed by atoms with Crippen LogP contribution in [0.3, 0.4) is 0 Å². The smallest absolute Gasteiger partial charge is 0.341 e. The Hall–Kier alpha value is -2.08. The molecule has 0 aliphatic heterocycles. The number of carbonyl (C=O) groups excluding carboxylic acids is 2. The summed E-state index contributed by atoms with van der Waals surface area (Å²) in [5, 5.41) is 2.85. The van der Waals surface area contributed by atoms with E-state index in [0.29, 0.717) is 30.4 Å². The number of rotatable bonds is 9. The molecule has 1 aromatic carbocycles. The Kier molecular flexibility index (Phi) is 8.08. The van der Waals surface area contributed by atoms with Crippen LogP contribution in [0.1, 0.15) is 58.3 Å². The second kappa shape index (κ2) is 9.57. The summed E-state index contributed by atoms with van der Waals surface area (Å²) in [5.74, 6) is -0.0581. The molecule has 0 bridgehead atoms. The van der Waals surface area contributed by atoms with E-state index >= 15 is 0 Å². The van der Waals surface area contributed by atoms with Gasteiger partial charge in [-0.05, 0) is 58.2 Å². The largest absolute Gasteiger partial charge is 0.490 e. The normalized spacial score (nSPS) is 13.4. The van der Waals surface area contributed by atoms with Crippen LogP contribution < -0.4 is 10.1 Å². The molecule has 0 fully saturated rings. The van der Waals surface area contributed by atoms with E-state index in [2.05, 4.69) is 5.32 Å². The second-order valence-corrected chi connectivity index (χ2v) is 7.09. The Labute approximate surface area is 156 Å². The zero-order valence-corrected chi connectivity index (χ0v) is 16.8. The quantitative estimate of drug-likeness (QED) is 0.669. The molecule has 6 heteroatoms. The summed E-state index contributed by atoms with van der Waals surface area (Å²) >= 11 is 0. The summed E-state index contributed by atoms with van der Waals surface area (Å²) in [7, 11) is 1.31. The number of esters is 1. The lowest BCUT2D eigenvalue weighted by atomic mass is 9.93. The third-order valence-corrected chi connectivity index (χ3v) is 3.75. The van der Waals surface area contributed by atoms with E-state index in [4.69, 9.17) is 14.2 Å². The van der Waals surface area contributed by atoms with Gasteiger partial charge in [0.05, 0.1) is 13.2 Å². The van der Waals surface area contributed by atoms with E-state index in [0.717, 1.165) is 0 Å². The molecule has 0 saturated carbocycles. The third-order valence-electron chi connectivity index (χ3n) is 3.75. The van der Waals surface area contributed by atoms with Gasteiger partial charge < -0.3 is 19.5 Å². The summed E-state index contributed by atoms with van der Waals surface area (Å²) < 4.78 is 16.2. The zero-order valence-electron chi connectivity index (χ0n) is 16.8. The van der Waals surface area contributed by atoms with Gasteiger partial charge in [0.1, 0.15) is 16.9 Å². The van der Waals surface area contributed by atoms with Crippen LogP contribution in [0.5, 0.6) is 5.75 Å². The van der Waals surface area contributed by atoms with Crippen LogP contribution in [0.15, 0.2) is 18.2 Å². The molecule has 1 rings (SSSR count). The topological polar surface area (TPSA) is 73.9 Å². The first-order chi connectivity index (χ1) is 12.1. The Morgan fingerprint density at radius 2 is 1.85 bits per heavy atom. The number of hydrogen-bond acceptors (Lipinski definition) is 5. The Morgan fingerprint density at radius 1 is 1.19 bits per heavy atom. The molecular formula is C20H31NO5. The van der Waals surface area contributed by atoms with Crippen LogP contribution >= 0.6 is 0 Å². The summed E-state index contributed by atoms with van der Waals surface area (Å²) in [6.07, 6.45) is 0.497. The number of ether oxygens (including phenoxy) is 3. The van der Waals surface area contributed by atoms with Crippen molar-refractivity contribution in [1.82, 2.24) is 0 Å². The van der Waals surface area contributed by atoms with Crippen molar-refractivity contribution in [3.63, 3.8) is 0 Å². The van der Waals surface area contributed by atoms with Gasteiger partial charge in [-0.3, -0.25) is 4.79 Å². The molecule has 1 amide bonds. The minimum absolute atomic E-state index is 0.0915. The lowest BCUT2D eigenvalue weighted by Crippen LogP contribution is -2.44. The summed E-state index contributed by atoms with van der Waals surface area (Å²) in [5.41, 5.74) is -0.191. The summed E-state index contributed by atoms with van der Waals surface area (Å²) in [4.78, 5) is 24.8. The van der Waals surface area contributed by atoms with Gasteiger partial charge in [-0.2, -0.15) is 0 Å². The zero-order chi connectivity index (χ0) is 19.9. The third kappa shape index (κ3) is 6.02. The van der Waals surface area contributed by atoms with E-state index < -0.39 is 11.6 Å². The first kappa shape index (κ1) is 22.0. The molecule has 0 spiro atoms. The highest BCUT2D eigenvalue weighted by Gasteiger charge is 2.35.